The lowest BCUT2D eigenvalue weighted by Crippen LogP contribution is -2.38. The Morgan fingerprint density at radius 3 is 2.68 bits per heavy atom. The first kappa shape index (κ1) is 22.3. The van der Waals surface area contributed by atoms with E-state index >= 15 is 0 Å². The molecule has 3 N–H and O–H groups in total. The predicted molar refractivity (Wildman–Crippen MR) is 120 cm³/mol. The third-order valence-corrected chi connectivity index (χ3v) is 5.03. The molecule has 1 aliphatic rings. The van der Waals surface area contributed by atoms with Gasteiger partial charge in [-0.15, -0.1) is 0 Å². The molecule has 0 aliphatic carbocycles. The summed E-state index contributed by atoms with van der Waals surface area (Å²) in [7, 11) is 0. The van der Waals surface area contributed by atoms with Crippen LogP contribution < -0.4 is 15.4 Å². The number of halogens is 1. The molecule has 4 amide bonds. The van der Waals surface area contributed by atoms with Gasteiger partial charge in [0.2, 0.25) is 5.91 Å². The van der Waals surface area contributed by atoms with Gasteiger partial charge >= 0.3 is 12.0 Å². The van der Waals surface area contributed by atoms with E-state index in [9.17, 15) is 19.2 Å². The Morgan fingerprint density at radius 1 is 1.23 bits per heavy atom. The van der Waals surface area contributed by atoms with Crippen molar-refractivity contribution in [2.75, 3.05) is 18.5 Å². The Bertz CT molecular complexity index is 1100. The number of aliphatic carboxylic acids is 1. The van der Waals surface area contributed by atoms with Crippen molar-refractivity contribution in [1.29, 1.82) is 0 Å². The first-order valence-corrected chi connectivity index (χ1v) is 10.2. The molecular weight excluding hydrogens is 517 g/mol. The first-order chi connectivity index (χ1) is 14.7. The van der Waals surface area contributed by atoms with Crippen LogP contribution in [0, 0.1) is 10.5 Å². The number of rotatable bonds is 7. The van der Waals surface area contributed by atoms with E-state index in [2.05, 4.69) is 10.6 Å². The fourth-order valence-corrected chi connectivity index (χ4v) is 3.51. The molecule has 160 valence electrons. The summed E-state index contributed by atoms with van der Waals surface area (Å²) < 4.78 is 5.80. The number of hydrogen-bond donors (Lipinski definition) is 3. The quantitative estimate of drug-likeness (QED) is 0.285. The maximum Gasteiger partial charge on any atom is 0.341 e. The average molecular weight is 535 g/mol. The van der Waals surface area contributed by atoms with Crippen LogP contribution in [0.2, 0.25) is 0 Å². The van der Waals surface area contributed by atoms with Crippen LogP contribution >= 0.6 is 22.6 Å². The monoisotopic (exact) mass is 535 g/mol. The number of carboxylic acids is 1. The summed E-state index contributed by atoms with van der Waals surface area (Å²) in [6.45, 7) is 0.996. The molecule has 9 nitrogen and oxygen atoms in total. The molecule has 2 aromatic carbocycles. The van der Waals surface area contributed by atoms with E-state index < -0.39 is 37.0 Å². The number of carboxylic acid groups (broad SMARTS) is 1. The molecule has 0 saturated carbocycles. The molecule has 10 heteroatoms. The van der Waals surface area contributed by atoms with Crippen LogP contribution in [0.3, 0.4) is 0 Å². The maximum absolute atomic E-state index is 12.6. The van der Waals surface area contributed by atoms with Crippen LogP contribution in [0.5, 0.6) is 5.75 Å². The SMILES string of the molecule is Cc1cccc(NC(=O)CN2C(=O)N/C(=C/c3ccc(OCC(=O)O)c(I)c3)C2=O)c1. The number of benzene rings is 2. The lowest BCUT2D eigenvalue weighted by atomic mass is 10.2. The second-order valence-electron chi connectivity index (χ2n) is 6.67. The predicted octanol–water partition coefficient (Wildman–Crippen LogP) is 2.59. The van der Waals surface area contributed by atoms with Gasteiger partial charge in [-0.3, -0.25) is 9.59 Å². The van der Waals surface area contributed by atoms with Gasteiger partial charge in [-0.1, -0.05) is 18.2 Å². The molecule has 0 atom stereocenters. The Labute approximate surface area is 191 Å². The highest BCUT2D eigenvalue weighted by Crippen LogP contribution is 2.24. The molecule has 1 saturated heterocycles. The molecule has 2 aromatic rings. The summed E-state index contributed by atoms with van der Waals surface area (Å²) in [5, 5.41) is 13.8. The van der Waals surface area contributed by atoms with E-state index in [0.29, 0.717) is 20.6 Å². The summed E-state index contributed by atoms with van der Waals surface area (Å²) in [6, 6.07) is 11.4. The third-order valence-electron chi connectivity index (χ3n) is 4.18. The van der Waals surface area contributed by atoms with Gasteiger partial charge in [0.25, 0.3) is 5.91 Å². The van der Waals surface area contributed by atoms with E-state index in [0.717, 1.165) is 10.5 Å². The van der Waals surface area contributed by atoms with E-state index in [1.54, 1.807) is 36.4 Å². The van der Waals surface area contributed by atoms with Crippen molar-refractivity contribution < 1.29 is 29.0 Å². The molecule has 0 radical (unpaired) electrons. The minimum atomic E-state index is -1.09. The smallest absolute Gasteiger partial charge is 0.341 e. The topological polar surface area (TPSA) is 125 Å². The number of urea groups is 1. The van der Waals surface area contributed by atoms with Gasteiger partial charge in [0.05, 0.1) is 3.57 Å². The van der Waals surface area contributed by atoms with Gasteiger partial charge < -0.3 is 20.5 Å². The molecule has 0 unspecified atom stereocenters. The fourth-order valence-electron chi connectivity index (χ4n) is 2.81. The largest absolute Gasteiger partial charge is 0.481 e. The Hall–Kier alpha value is -3.41. The fraction of sp³-hybridized carbons (Fsp3) is 0.143. The van der Waals surface area contributed by atoms with Crippen molar-refractivity contribution >= 4 is 58.2 Å². The maximum atomic E-state index is 12.6. The van der Waals surface area contributed by atoms with E-state index in [1.165, 1.54) is 6.08 Å². The van der Waals surface area contributed by atoms with E-state index in [4.69, 9.17) is 9.84 Å². The van der Waals surface area contributed by atoms with Gasteiger partial charge in [-0.05, 0) is 71.0 Å². The van der Waals surface area contributed by atoms with Gasteiger partial charge in [0.1, 0.15) is 18.0 Å². The van der Waals surface area contributed by atoms with Crippen molar-refractivity contribution in [3.8, 4) is 5.75 Å². The number of imide groups is 1. The zero-order valence-corrected chi connectivity index (χ0v) is 18.5. The Kier molecular flexibility index (Phi) is 6.90. The van der Waals surface area contributed by atoms with Crippen LogP contribution in [0.4, 0.5) is 10.5 Å². The summed E-state index contributed by atoms with van der Waals surface area (Å²) in [5.41, 5.74) is 2.17. The highest BCUT2D eigenvalue weighted by atomic mass is 127. The molecule has 1 aliphatic heterocycles. The molecule has 1 heterocycles. The molecule has 1 fully saturated rings. The minimum absolute atomic E-state index is 0.0309. The third kappa shape index (κ3) is 5.81. The van der Waals surface area contributed by atoms with Crippen molar-refractivity contribution in [3.05, 3.63) is 62.9 Å². The number of ether oxygens (including phenoxy) is 1. The number of carbonyl (C=O) groups excluding carboxylic acids is 3. The van der Waals surface area contributed by atoms with E-state index in [1.807, 2.05) is 35.6 Å². The van der Waals surface area contributed by atoms with Gasteiger partial charge in [-0.2, -0.15) is 0 Å². The second-order valence-corrected chi connectivity index (χ2v) is 7.83. The Morgan fingerprint density at radius 2 is 2.00 bits per heavy atom. The van der Waals surface area contributed by atoms with E-state index in [-0.39, 0.29) is 5.70 Å². The highest BCUT2D eigenvalue weighted by Gasteiger charge is 2.34. The van der Waals surface area contributed by atoms with Gasteiger partial charge in [0, 0.05) is 5.69 Å². The number of carbonyl (C=O) groups is 4. The number of nitrogens with one attached hydrogen (secondary N) is 2. The Balaban J connectivity index is 1.68. The number of hydrogen-bond acceptors (Lipinski definition) is 5. The molecule has 31 heavy (non-hydrogen) atoms. The van der Waals surface area contributed by atoms with Crippen LogP contribution in [-0.2, 0) is 14.4 Å². The first-order valence-electron chi connectivity index (χ1n) is 9.08. The lowest BCUT2D eigenvalue weighted by molar-refractivity contribution is -0.139. The summed E-state index contributed by atoms with van der Waals surface area (Å²) in [6.07, 6.45) is 1.47. The van der Waals surface area contributed by atoms with Crippen LogP contribution in [0.25, 0.3) is 6.08 Å². The van der Waals surface area contributed by atoms with Crippen molar-refractivity contribution in [1.82, 2.24) is 10.2 Å². The van der Waals surface area contributed by atoms with Gasteiger partial charge in [0.15, 0.2) is 6.61 Å². The lowest BCUT2D eigenvalue weighted by Gasteiger charge is -2.12. The highest BCUT2D eigenvalue weighted by molar-refractivity contribution is 14.1. The molecule has 0 spiro atoms. The summed E-state index contributed by atoms with van der Waals surface area (Å²) in [4.78, 5) is 48.5. The average Bonchev–Trinajstić information content (AvgIpc) is 2.94. The number of nitrogens with zero attached hydrogens (tertiary/aromatic N) is 1. The minimum Gasteiger partial charge on any atom is -0.481 e. The van der Waals surface area contributed by atoms with Crippen LogP contribution in [-0.4, -0.2) is 47.0 Å². The standard InChI is InChI=1S/C21H18IN3O6/c1-12-3-2-4-14(7-12)23-18(26)10-25-20(29)16(24-21(25)30)9-13-5-6-17(15(22)8-13)31-11-19(27)28/h2-9H,10-11H2,1H3,(H,23,26)(H,24,30)(H,27,28)/b16-9+. The number of amides is 4. The summed E-state index contributed by atoms with van der Waals surface area (Å²) >= 11 is 1.98. The molecule has 0 aromatic heterocycles. The zero-order valence-electron chi connectivity index (χ0n) is 16.3. The van der Waals surface area contributed by atoms with Crippen LogP contribution in [0.1, 0.15) is 11.1 Å². The zero-order chi connectivity index (χ0) is 22.5. The van der Waals surface area contributed by atoms with Crippen LogP contribution in [0.15, 0.2) is 48.2 Å². The van der Waals surface area contributed by atoms with Crippen molar-refractivity contribution in [2.24, 2.45) is 0 Å². The summed E-state index contributed by atoms with van der Waals surface area (Å²) in [5.74, 6) is -1.82. The normalized spacial score (nSPS) is 14.5. The number of aryl methyl sites for hydroxylation is 1. The molecular formula is C21H18IN3O6. The second kappa shape index (κ2) is 9.60. The van der Waals surface area contributed by atoms with Crippen molar-refractivity contribution in [2.45, 2.75) is 6.92 Å². The van der Waals surface area contributed by atoms with Crippen molar-refractivity contribution in [3.63, 3.8) is 0 Å². The molecule has 3 rings (SSSR count). The molecule has 0 bridgehead atoms. The number of anilines is 1. The van der Waals surface area contributed by atoms with Gasteiger partial charge in [-0.25, -0.2) is 14.5 Å².